The molecule has 1 heterocycles. The van der Waals surface area contributed by atoms with Crippen molar-refractivity contribution in [3.05, 3.63) is 41.7 Å². The highest BCUT2D eigenvalue weighted by Gasteiger charge is 2.15. The van der Waals surface area contributed by atoms with Gasteiger partial charge in [-0.3, -0.25) is 5.32 Å². The number of aryl methyl sites for hydroxylation is 2. The van der Waals surface area contributed by atoms with E-state index in [1.807, 2.05) is 19.9 Å². The van der Waals surface area contributed by atoms with Gasteiger partial charge >= 0.3 is 6.09 Å². The van der Waals surface area contributed by atoms with Gasteiger partial charge in [0, 0.05) is 0 Å². The summed E-state index contributed by atoms with van der Waals surface area (Å²) in [7, 11) is 1.49. The molecule has 0 saturated carbocycles. The number of ether oxygens (including phenoxy) is 2. The van der Waals surface area contributed by atoms with Crippen molar-refractivity contribution < 1.29 is 14.3 Å². The molecular weight excluding hydrogens is 282 g/mol. The quantitative estimate of drug-likeness (QED) is 0.918. The number of aromatic nitrogens is 2. The molecule has 0 aliphatic heterocycles. The number of nitrogens with zero attached hydrogens (tertiary/aromatic N) is 2. The SMILES string of the molecule is CCc1nc(NC(=O)Oc2ccccc2)c(OC)nc1CC. The fourth-order valence-corrected chi connectivity index (χ4v) is 2.00. The molecule has 0 fully saturated rings. The predicted octanol–water partition coefficient (Wildman–Crippen LogP) is 3.22. The van der Waals surface area contributed by atoms with Gasteiger partial charge in [-0.15, -0.1) is 0 Å². The molecule has 2 aromatic rings. The molecule has 0 bridgehead atoms. The van der Waals surface area contributed by atoms with E-state index < -0.39 is 6.09 Å². The van der Waals surface area contributed by atoms with Crippen LogP contribution in [0.2, 0.25) is 0 Å². The molecule has 1 amide bonds. The van der Waals surface area contributed by atoms with Crippen molar-refractivity contribution in [2.24, 2.45) is 0 Å². The Balaban J connectivity index is 2.19. The Morgan fingerprint density at radius 3 is 2.32 bits per heavy atom. The number of carbonyl (C=O) groups is 1. The van der Waals surface area contributed by atoms with Crippen molar-refractivity contribution in [1.82, 2.24) is 9.97 Å². The van der Waals surface area contributed by atoms with Crippen LogP contribution in [0.3, 0.4) is 0 Å². The summed E-state index contributed by atoms with van der Waals surface area (Å²) in [6, 6.07) is 8.80. The number of amides is 1. The zero-order valence-corrected chi connectivity index (χ0v) is 12.9. The third kappa shape index (κ3) is 3.72. The lowest BCUT2D eigenvalue weighted by Crippen LogP contribution is -2.19. The number of carbonyl (C=O) groups excluding carboxylic acids is 1. The Labute approximate surface area is 129 Å². The third-order valence-corrected chi connectivity index (χ3v) is 3.06. The average Bonchev–Trinajstić information content (AvgIpc) is 2.55. The van der Waals surface area contributed by atoms with Crippen LogP contribution in [0, 0.1) is 0 Å². The maximum Gasteiger partial charge on any atom is 0.418 e. The smallest absolute Gasteiger partial charge is 0.418 e. The van der Waals surface area contributed by atoms with Gasteiger partial charge < -0.3 is 9.47 Å². The molecule has 6 nitrogen and oxygen atoms in total. The Hall–Kier alpha value is -2.63. The molecular formula is C16H19N3O3. The van der Waals surface area contributed by atoms with Crippen molar-refractivity contribution in [2.45, 2.75) is 26.7 Å². The molecule has 0 aliphatic rings. The molecule has 1 aromatic carbocycles. The van der Waals surface area contributed by atoms with E-state index in [1.165, 1.54) is 7.11 Å². The first-order chi connectivity index (χ1) is 10.7. The van der Waals surface area contributed by atoms with Gasteiger partial charge in [0.15, 0.2) is 5.82 Å². The predicted molar refractivity (Wildman–Crippen MR) is 83.4 cm³/mol. The number of benzene rings is 1. The number of methoxy groups -OCH3 is 1. The van der Waals surface area contributed by atoms with Crippen LogP contribution < -0.4 is 14.8 Å². The van der Waals surface area contributed by atoms with Crippen LogP contribution in [-0.4, -0.2) is 23.2 Å². The summed E-state index contributed by atoms with van der Waals surface area (Å²) in [5.74, 6) is 0.990. The van der Waals surface area contributed by atoms with E-state index in [0.717, 1.165) is 24.2 Å². The largest absolute Gasteiger partial charge is 0.478 e. The molecule has 116 valence electrons. The molecule has 0 radical (unpaired) electrons. The number of hydrogen-bond donors (Lipinski definition) is 1. The second kappa shape index (κ2) is 7.40. The summed E-state index contributed by atoms with van der Waals surface area (Å²) in [4.78, 5) is 20.7. The molecule has 6 heteroatoms. The zero-order valence-electron chi connectivity index (χ0n) is 12.9. The minimum atomic E-state index is -0.634. The average molecular weight is 301 g/mol. The Morgan fingerprint density at radius 2 is 1.73 bits per heavy atom. The third-order valence-electron chi connectivity index (χ3n) is 3.06. The lowest BCUT2D eigenvalue weighted by molar-refractivity contribution is 0.215. The summed E-state index contributed by atoms with van der Waals surface area (Å²) < 4.78 is 10.4. The standard InChI is InChI=1S/C16H19N3O3/c1-4-12-13(5-2)18-15(21-3)14(17-12)19-16(20)22-11-9-7-6-8-10-11/h6-10H,4-5H2,1-3H3,(H,17,19,20). The fraction of sp³-hybridized carbons (Fsp3) is 0.312. The summed E-state index contributed by atoms with van der Waals surface area (Å²) in [5.41, 5.74) is 1.69. The summed E-state index contributed by atoms with van der Waals surface area (Å²) >= 11 is 0. The summed E-state index contributed by atoms with van der Waals surface area (Å²) in [6.45, 7) is 3.99. The molecule has 1 aromatic heterocycles. The van der Waals surface area contributed by atoms with E-state index in [9.17, 15) is 4.79 Å². The Morgan fingerprint density at radius 1 is 1.09 bits per heavy atom. The first-order valence-electron chi connectivity index (χ1n) is 7.15. The van der Waals surface area contributed by atoms with E-state index in [1.54, 1.807) is 24.3 Å². The van der Waals surface area contributed by atoms with Crippen LogP contribution in [0.1, 0.15) is 25.2 Å². The van der Waals surface area contributed by atoms with E-state index >= 15 is 0 Å². The van der Waals surface area contributed by atoms with Gasteiger partial charge in [-0.2, -0.15) is 0 Å². The Kier molecular flexibility index (Phi) is 5.30. The molecule has 2 rings (SSSR count). The topological polar surface area (TPSA) is 73.3 Å². The highest BCUT2D eigenvalue weighted by atomic mass is 16.6. The van der Waals surface area contributed by atoms with Crippen LogP contribution in [0.25, 0.3) is 0 Å². The number of rotatable bonds is 5. The molecule has 0 aliphatic carbocycles. The van der Waals surface area contributed by atoms with Crippen LogP contribution in [0.4, 0.5) is 10.6 Å². The van der Waals surface area contributed by atoms with Crippen molar-refractivity contribution in [2.75, 3.05) is 12.4 Å². The van der Waals surface area contributed by atoms with E-state index in [0.29, 0.717) is 5.75 Å². The number of nitrogens with one attached hydrogen (secondary N) is 1. The molecule has 1 N–H and O–H groups in total. The minimum Gasteiger partial charge on any atom is -0.478 e. The number of anilines is 1. The zero-order chi connectivity index (χ0) is 15.9. The fourth-order valence-electron chi connectivity index (χ4n) is 2.00. The van der Waals surface area contributed by atoms with Crippen molar-refractivity contribution in [3.8, 4) is 11.6 Å². The van der Waals surface area contributed by atoms with Gasteiger partial charge in [0.2, 0.25) is 0 Å². The molecule has 0 unspecified atom stereocenters. The highest BCUT2D eigenvalue weighted by molar-refractivity contribution is 5.86. The maximum atomic E-state index is 11.9. The number of para-hydroxylation sites is 1. The van der Waals surface area contributed by atoms with Crippen molar-refractivity contribution >= 4 is 11.9 Å². The minimum absolute atomic E-state index is 0.262. The van der Waals surface area contributed by atoms with E-state index in [2.05, 4.69) is 15.3 Å². The van der Waals surface area contributed by atoms with Crippen LogP contribution in [0.15, 0.2) is 30.3 Å². The van der Waals surface area contributed by atoms with Gasteiger partial charge in [0.1, 0.15) is 5.75 Å². The second-order valence-electron chi connectivity index (χ2n) is 4.51. The summed E-state index contributed by atoms with van der Waals surface area (Å²) in [6.07, 6.45) is 0.842. The van der Waals surface area contributed by atoms with Crippen LogP contribution in [-0.2, 0) is 12.8 Å². The lowest BCUT2D eigenvalue weighted by Gasteiger charge is -2.12. The Bertz CT molecular complexity index is 645. The van der Waals surface area contributed by atoms with Crippen molar-refractivity contribution in [3.63, 3.8) is 0 Å². The van der Waals surface area contributed by atoms with Gasteiger partial charge in [0.05, 0.1) is 18.5 Å². The molecule has 0 atom stereocenters. The van der Waals surface area contributed by atoms with Crippen molar-refractivity contribution in [1.29, 1.82) is 0 Å². The monoisotopic (exact) mass is 301 g/mol. The normalized spacial score (nSPS) is 10.1. The maximum absolute atomic E-state index is 11.9. The van der Waals surface area contributed by atoms with E-state index in [-0.39, 0.29) is 11.7 Å². The first kappa shape index (κ1) is 15.8. The van der Waals surface area contributed by atoms with Crippen LogP contribution in [0.5, 0.6) is 11.6 Å². The van der Waals surface area contributed by atoms with Gasteiger partial charge in [-0.25, -0.2) is 14.8 Å². The first-order valence-corrected chi connectivity index (χ1v) is 7.15. The molecule has 0 saturated heterocycles. The second-order valence-corrected chi connectivity index (χ2v) is 4.51. The number of hydrogen-bond acceptors (Lipinski definition) is 5. The van der Waals surface area contributed by atoms with Crippen LogP contribution >= 0.6 is 0 Å². The van der Waals surface area contributed by atoms with Gasteiger partial charge in [-0.1, -0.05) is 32.0 Å². The van der Waals surface area contributed by atoms with Gasteiger partial charge in [0.25, 0.3) is 5.88 Å². The molecule has 0 spiro atoms. The van der Waals surface area contributed by atoms with E-state index in [4.69, 9.17) is 9.47 Å². The van der Waals surface area contributed by atoms with Gasteiger partial charge in [-0.05, 0) is 25.0 Å². The lowest BCUT2D eigenvalue weighted by atomic mass is 10.2. The highest BCUT2D eigenvalue weighted by Crippen LogP contribution is 2.22. The summed E-state index contributed by atoms with van der Waals surface area (Å²) in [5, 5.41) is 2.58. The molecule has 22 heavy (non-hydrogen) atoms.